The van der Waals surface area contributed by atoms with Gasteiger partial charge in [0.15, 0.2) is 0 Å². The maximum atomic E-state index is 5.47. The Kier molecular flexibility index (Phi) is 4.94. The minimum absolute atomic E-state index is 0.766. The lowest BCUT2D eigenvalue weighted by Crippen LogP contribution is -2.20. The SMILES string of the molecule is CNCCCc1ccc2ccn(CC3CCOCC3)c2c1. The summed E-state index contributed by atoms with van der Waals surface area (Å²) in [6, 6.07) is 9.16. The summed E-state index contributed by atoms with van der Waals surface area (Å²) in [6.45, 7) is 4.08. The molecule has 0 unspecified atom stereocenters. The standard InChI is InChI=1S/C18H26N2O/c1-19-9-2-3-15-4-5-17-6-10-20(18(17)13-15)14-16-7-11-21-12-8-16/h4-6,10,13,16,19H,2-3,7-9,11-12,14H2,1H3. The van der Waals surface area contributed by atoms with Crippen molar-refractivity contribution in [2.24, 2.45) is 5.92 Å². The van der Waals surface area contributed by atoms with E-state index in [1.54, 1.807) is 0 Å². The first kappa shape index (κ1) is 14.6. The summed E-state index contributed by atoms with van der Waals surface area (Å²) in [5.41, 5.74) is 2.84. The minimum atomic E-state index is 0.766. The van der Waals surface area contributed by atoms with Crippen LogP contribution in [0.3, 0.4) is 0 Å². The van der Waals surface area contributed by atoms with E-state index in [4.69, 9.17) is 4.74 Å². The van der Waals surface area contributed by atoms with Gasteiger partial charge < -0.3 is 14.6 Å². The van der Waals surface area contributed by atoms with Gasteiger partial charge in [-0.15, -0.1) is 0 Å². The molecule has 1 fully saturated rings. The van der Waals surface area contributed by atoms with Crippen LogP contribution in [0.1, 0.15) is 24.8 Å². The largest absolute Gasteiger partial charge is 0.381 e. The Hall–Kier alpha value is -1.32. The lowest BCUT2D eigenvalue weighted by Gasteiger charge is -2.22. The smallest absolute Gasteiger partial charge is 0.0483 e. The zero-order valence-electron chi connectivity index (χ0n) is 13.0. The molecule has 0 atom stereocenters. The third kappa shape index (κ3) is 3.66. The first-order chi connectivity index (χ1) is 10.4. The Morgan fingerprint density at radius 3 is 2.90 bits per heavy atom. The van der Waals surface area contributed by atoms with E-state index in [2.05, 4.69) is 40.3 Å². The second kappa shape index (κ2) is 7.10. The first-order valence-electron chi connectivity index (χ1n) is 8.17. The molecule has 3 rings (SSSR count). The van der Waals surface area contributed by atoms with Gasteiger partial charge >= 0.3 is 0 Å². The molecule has 1 N–H and O–H groups in total. The molecule has 1 aliphatic rings. The molecule has 21 heavy (non-hydrogen) atoms. The van der Waals surface area contributed by atoms with Crippen LogP contribution in [-0.4, -0.2) is 31.4 Å². The van der Waals surface area contributed by atoms with Crippen LogP contribution in [0.5, 0.6) is 0 Å². The van der Waals surface area contributed by atoms with Crippen molar-refractivity contribution in [1.82, 2.24) is 9.88 Å². The number of aryl methyl sites for hydroxylation is 1. The number of hydrogen-bond acceptors (Lipinski definition) is 2. The summed E-state index contributed by atoms with van der Waals surface area (Å²) in [5, 5.41) is 4.58. The van der Waals surface area contributed by atoms with Gasteiger partial charge in [-0.05, 0) is 68.3 Å². The average molecular weight is 286 g/mol. The molecule has 0 radical (unpaired) electrons. The van der Waals surface area contributed by atoms with Crippen LogP contribution >= 0.6 is 0 Å². The molecule has 0 saturated carbocycles. The van der Waals surface area contributed by atoms with Crippen molar-refractivity contribution in [2.45, 2.75) is 32.2 Å². The zero-order valence-corrected chi connectivity index (χ0v) is 13.0. The van der Waals surface area contributed by atoms with E-state index in [0.29, 0.717) is 0 Å². The van der Waals surface area contributed by atoms with E-state index in [-0.39, 0.29) is 0 Å². The average Bonchev–Trinajstić information content (AvgIpc) is 2.91. The van der Waals surface area contributed by atoms with Crippen molar-refractivity contribution in [1.29, 1.82) is 0 Å². The molecule has 0 amide bonds. The molecular weight excluding hydrogens is 260 g/mol. The Morgan fingerprint density at radius 1 is 1.24 bits per heavy atom. The maximum absolute atomic E-state index is 5.47. The van der Waals surface area contributed by atoms with Crippen LogP contribution in [0, 0.1) is 5.92 Å². The molecular formula is C18H26N2O. The van der Waals surface area contributed by atoms with Crippen molar-refractivity contribution >= 4 is 10.9 Å². The Balaban J connectivity index is 1.73. The fraction of sp³-hybridized carbons (Fsp3) is 0.556. The van der Waals surface area contributed by atoms with Crippen LogP contribution in [0.2, 0.25) is 0 Å². The van der Waals surface area contributed by atoms with Crippen LogP contribution in [-0.2, 0) is 17.7 Å². The monoisotopic (exact) mass is 286 g/mol. The highest BCUT2D eigenvalue weighted by molar-refractivity contribution is 5.80. The summed E-state index contributed by atoms with van der Waals surface area (Å²) in [6.07, 6.45) is 6.99. The van der Waals surface area contributed by atoms with E-state index >= 15 is 0 Å². The number of ether oxygens (including phenoxy) is 1. The topological polar surface area (TPSA) is 26.2 Å². The molecule has 1 aromatic heterocycles. The van der Waals surface area contributed by atoms with Crippen molar-refractivity contribution in [3.8, 4) is 0 Å². The molecule has 2 heterocycles. The van der Waals surface area contributed by atoms with Gasteiger partial charge in [-0.25, -0.2) is 0 Å². The Labute approximate surface area is 127 Å². The predicted octanol–water partition coefficient (Wildman–Crippen LogP) is 3.22. The maximum Gasteiger partial charge on any atom is 0.0483 e. The number of nitrogens with one attached hydrogen (secondary N) is 1. The van der Waals surface area contributed by atoms with Gasteiger partial charge in [0.1, 0.15) is 0 Å². The van der Waals surface area contributed by atoms with Gasteiger partial charge in [-0.1, -0.05) is 12.1 Å². The van der Waals surface area contributed by atoms with E-state index in [9.17, 15) is 0 Å². The molecule has 114 valence electrons. The quantitative estimate of drug-likeness (QED) is 0.825. The number of benzene rings is 1. The molecule has 0 aliphatic carbocycles. The Morgan fingerprint density at radius 2 is 2.10 bits per heavy atom. The molecule has 3 heteroatoms. The lowest BCUT2D eigenvalue weighted by molar-refractivity contribution is 0.0616. The van der Waals surface area contributed by atoms with Crippen LogP contribution in [0.4, 0.5) is 0 Å². The summed E-state index contributed by atoms with van der Waals surface area (Å²) >= 11 is 0. The fourth-order valence-corrected chi connectivity index (χ4v) is 3.22. The normalized spacial score (nSPS) is 16.6. The zero-order chi connectivity index (χ0) is 14.5. The molecule has 1 saturated heterocycles. The molecule has 0 spiro atoms. The molecule has 1 aromatic carbocycles. The van der Waals surface area contributed by atoms with Gasteiger partial charge in [0.25, 0.3) is 0 Å². The molecule has 0 bridgehead atoms. The highest BCUT2D eigenvalue weighted by Crippen LogP contribution is 2.23. The van der Waals surface area contributed by atoms with Crippen molar-refractivity contribution in [2.75, 3.05) is 26.8 Å². The van der Waals surface area contributed by atoms with Crippen LogP contribution < -0.4 is 5.32 Å². The van der Waals surface area contributed by atoms with Crippen molar-refractivity contribution in [3.63, 3.8) is 0 Å². The summed E-state index contributed by atoms with van der Waals surface area (Å²) in [4.78, 5) is 0. The van der Waals surface area contributed by atoms with Crippen LogP contribution in [0.15, 0.2) is 30.5 Å². The second-order valence-electron chi connectivity index (χ2n) is 6.12. The van der Waals surface area contributed by atoms with Gasteiger partial charge in [0.05, 0.1) is 0 Å². The van der Waals surface area contributed by atoms with E-state index in [1.165, 1.54) is 35.7 Å². The number of nitrogens with zero attached hydrogens (tertiary/aromatic N) is 1. The van der Waals surface area contributed by atoms with E-state index in [0.717, 1.165) is 38.6 Å². The third-order valence-electron chi connectivity index (χ3n) is 4.53. The van der Waals surface area contributed by atoms with E-state index in [1.807, 2.05) is 7.05 Å². The number of fused-ring (bicyclic) bond motifs is 1. The fourth-order valence-electron chi connectivity index (χ4n) is 3.22. The van der Waals surface area contributed by atoms with Crippen molar-refractivity contribution < 1.29 is 4.74 Å². The molecule has 3 nitrogen and oxygen atoms in total. The predicted molar refractivity (Wildman–Crippen MR) is 87.7 cm³/mol. The highest BCUT2D eigenvalue weighted by atomic mass is 16.5. The highest BCUT2D eigenvalue weighted by Gasteiger charge is 2.15. The third-order valence-corrected chi connectivity index (χ3v) is 4.53. The van der Waals surface area contributed by atoms with Gasteiger partial charge in [-0.2, -0.15) is 0 Å². The summed E-state index contributed by atoms with van der Waals surface area (Å²) in [5.74, 6) is 0.766. The Bertz CT molecular complexity index is 570. The summed E-state index contributed by atoms with van der Waals surface area (Å²) < 4.78 is 7.90. The van der Waals surface area contributed by atoms with Gasteiger partial charge in [-0.3, -0.25) is 0 Å². The van der Waals surface area contributed by atoms with Gasteiger partial charge in [0.2, 0.25) is 0 Å². The lowest BCUT2D eigenvalue weighted by atomic mass is 10.0. The second-order valence-corrected chi connectivity index (χ2v) is 6.12. The number of hydrogen-bond donors (Lipinski definition) is 1. The van der Waals surface area contributed by atoms with E-state index < -0.39 is 0 Å². The minimum Gasteiger partial charge on any atom is -0.381 e. The van der Waals surface area contributed by atoms with Gasteiger partial charge in [0, 0.05) is 31.5 Å². The molecule has 2 aromatic rings. The molecule has 1 aliphatic heterocycles. The first-order valence-corrected chi connectivity index (χ1v) is 8.17. The number of rotatable bonds is 6. The number of aromatic nitrogens is 1. The summed E-state index contributed by atoms with van der Waals surface area (Å²) in [7, 11) is 2.02. The van der Waals surface area contributed by atoms with Crippen molar-refractivity contribution in [3.05, 3.63) is 36.0 Å². The van der Waals surface area contributed by atoms with Crippen LogP contribution in [0.25, 0.3) is 10.9 Å².